The van der Waals surface area contributed by atoms with Gasteiger partial charge in [0.05, 0.1) is 24.4 Å². The zero-order valence-electron chi connectivity index (χ0n) is 40.6. The molecule has 368 valence electrons. The number of carbonyl (C=O) groups is 5. The second kappa shape index (κ2) is 27.1. The van der Waals surface area contributed by atoms with E-state index in [-0.39, 0.29) is 84.4 Å². The Morgan fingerprint density at radius 2 is 1.56 bits per heavy atom. The van der Waals surface area contributed by atoms with Crippen molar-refractivity contribution in [3.05, 3.63) is 47.6 Å². The molecular formula is C51H80NNaO13. The Morgan fingerprint density at radius 3 is 2.23 bits per heavy atom. The van der Waals surface area contributed by atoms with Crippen LogP contribution in [0.5, 0.6) is 0 Å². The Balaban J connectivity index is 0.0000116. The van der Waals surface area contributed by atoms with Gasteiger partial charge in [-0.2, -0.15) is 0 Å². The number of Topliss-reactive ketones (excluding diaryl/α,β-unsaturated/α-hetero) is 3. The van der Waals surface area contributed by atoms with Gasteiger partial charge in [-0.15, -0.1) is 0 Å². The summed E-state index contributed by atoms with van der Waals surface area (Å²) in [4.78, 5) is 71.8. The van der Waals surface area contributed by atoms with E-state index in [0.29, 0.717) is 63.4 Å². The fraction of sp³-hybridized carbons (Fsp3) is 0.745. The third-order valence-corrected chi connectivity index (χ3v) is 14.5. The van der Waals surface area contributed by atoms with Gasteiger partial charge in [-0.3, -0.25) is 19.2 Å². The van der Waals surface area contributed by atoms with Crippen molar-refractivity contribution in [3.63, 3.8) is 0 Å². The summed E-state index contributed by atoms with van der Waals surface area (Å²) in [6.07, 6.45) is 11.2. The van der Waals surface area contributed by atoms with E-state index in [9.17, 15) is 39.3 Å². The number of amides is 1. The standard InChI is InChI=1S/C51H79NO13.Na.H/c1-30-16-12-11-13-17-31(2)42(61-8)28-38-21-19-36(7)51(60,65-38)48(57)49(58)52-23-15-14-18-39(52)50(59)64-43(33(4)26-37-20-22-40(53)44(27-37)62-9)29-41(54)32(3)25-35(6)46(56)47(63-10)45(55)34(5)24-30;;/h11-13,16-17,25,30,32-34,36-40,42-44,46-47,53,56,60H,14-15,18-24,26-29H2,1-10H3;;/b13-11+,16-12+,31-17+,35-25+;;/t30-,32-,33-,34-,36-,37+,38+,39+,40-,42+,43+,44-,46-,47+,51-;;/m1../s1. The average molecular weight is 938 g/mol. The molecule has 0 radical (unpaired) electrons. The summed E-state index contributed by atoms with van der Waals surface area (Å²) in [5.41, 5.74) is 1.27. The number of carbonyl (C=O) groups excluding carboxylic acids is 5. The number of ketones is 3. The second-order valence-corrected chi connectivity index (χ2v) is 19.6. The summed E-state index contributed by atoms with van der Waals surface area (Å²) >= 11 is 0. The first-order valence-corrected chi connectivity index (χ1v) is 23.9. The number of methoxy groups -OCH3 is 3. The minimum atomic E-state index is -2.43. The van der Waals surface area contributed by atoms with Crippen molar-refractivity contribution in [2.75, 3.05) is 27.9 Å². The van der Waals surface area contributed by atoms with Gasteiger partial charge in [-0.1, -0.05) is 71.1 Å². The Kier molecular flexibility index (Phi) is 23.8. The fourth-order valence-electron chi connectivity index (χ4n) is 10.1. The fourth-order valence-corrected chi connectivity index (χ4v) is 10.1. The Bertz CT molecular complexity index is 1760. The van der Waals surface area contributed by atoms with Crippen molar-refractivity contribution >= 4 is 58.8 Å². The quantitative estimate of drug-likeness (QED) is 0.130. The number of esters is 1. The predicted octanol–water partition coefficient (Wildman–Crippen LogP) is 5.53. The van der Waals surface area contributed by atoms with Gasteiger partial charge < -0.3 is 43.9 Å². The van der Waals surface area contributed by atoms with Gasteiger partial charge in [0.1, 0.15) is 30.1 Å². The van der Waals surface area contributed by atoms with E-state index in [4.69, 9.17) is 23.7 Å². The van der Waals surface area contributed by atoms with Gasteiger partial charge in [0.15, 0.2) is 5.78 Å². The number of cyclic esters (lactones) is 1. The van der Waals surface area contributed by atoms with Gasteiger partial charge in [-0.25, -0.2) is 4.79 Å². The minimum absolute atomic E-state index is 0. The number of hydrogen-bond acceptors (Lipinski definition) is 13. The summed E-state index contributed by atoms with van der Waals surface area (Å²) in [6.45, 7) is 12.7. The van der Waals surface area contributed by atoms with Gasteiger partial charge in [0.2, 0.25) is 5.79 Å². The van der Waals surface area contributed by atoms with Crippen LogP contribution >= 0.6 is 0 Å². The maximum absolute atomic E-state index is 14.4. The predicted molar refractivity (Wildman–Crippen MR) is 252 cm³/mol. The first kappa shape index (κ1) is 57.9. The molecule has 4 aliphatic rings. The van der Waals surface area contributed by atoms with E-state index in [0.717, 1.165) is 12.0 Å². The summed E-state index contributed by atoms with van der Waals surface area (Å²) in [5, 5.41) is 33.8. The molecule has 3 heterocycles. The van der Waals surface area contributed by atoms with Gasteiger partial charge in [-0.05, 0) is 107 Å². The normalized spacial score (nSPS) is 39.8. The SMILES string of the molecule is CO[C@H]1C[C@@H]2CC[C@@H](C)[C@@](O)(O2)C(=O)C(=O)N2CCCC[C@H]2C(=O)O[C@H]([C@H](C)C[C@@H]2CC[C@@H](O)[C@H](OC)C2)CC(=O)[C@H](C)/C=C(\C)[C@@H](O)[C@@H](OC)C(=O)[C@H](C)C[C@H](C)/C=C/C=C/C=C/1C.[NaH]. The summed E-state index contributed by atoms with van der Waals surface area (Å²) in [6, 6.07) is -1.14. The van der Waals surface area contributed by atoms with Crippen LogP contribution in [0.2, 0.25) is 0 Å². The Labute approximate surface area is 415 Å². The molecule has 4 rings (SSSR count). The monoisotopic (exact) mass is 938 g/mol. The molecular weight excluding hydrogens is 858 g/mol. The summed E-state index contributed by atoms with van der Waals surface area (Å²) < 4.78 is 29.4. The Morgan fingerprint density at radius 1 is 0.848 bits per heavy atom. The van der Waals surface area contributed by atoms with E-state index >= 15 is 0 Å². The number of hydrogen-bond donors (Lipinski definition) is 3. The molecule has 2 saturated heterocycles. The molecule has 0 aromatic heterocycles. The average Bonchev–Trinajstić information content (AvgIpc) is 3.28. The van der Waals surface area contributed by atoms with E-state index in [1.807, 2.05) is 58.1 Å². The molecule has 14 nitrogen and oxygen atoms in total. The number of nitrogens with zero attached hydrogens (tertiary/aromatic N) is 1. The molecule has 0 aromatic rings. The van der Waals surface area contributed by atoms with Crippen LogP contribution in [0.25, 0.3) is 0 Å². The molecule has 0 spiro atoms. The molecule has 3 N–H and O–H groups in total. The number of ether oxygens (including phenoxy) is 5. The third kappa shape index (κ3) is 15.3. The van der Waals surface area contributed by atoms with E-state index in [1.165, 1.54) is 12.0 Å². The van der Waals surface area contributed by atoms with Crippen molar-refractivity contribution in [3.8, 4) is 0 Å². The van der Waals surface area contributed by atoms with Crippen molar-refractivity contribution in [2.24, 2.45) is 35.5 Å². The number of aliphatic hydroxyl groups excluding tert-OH is 2. The van der Waals surface area contributed by atoms with Crippen LogP contribution in [-0.4, -0.2) is 161 Å². The molecule has 0 unspecified atom stereocenters. The molecule has 66 heavy (non-hydrogen) atoms. The van der Waals surface area contributed by atoms with E-state index in [2.05, 4.69) is 0 Å². The molecule has 15 heteroatoms. The Hall–Kier alpha value is -2.37. The molecule has 1 aliphatic carbocycles. The van der Waals surface area contributed by atoms with Crippen LogP contribution in [0.15, 0.2) is 47.6 Å². The van der Waals surface area contributed by atoms with Crippen molar-refractivity contribution in [1.82, 2.24) is 4.90 Å². The number of aliphatic hydroxyl groups is 3. The van der Waals surface area contributed by atoms with Crippen LogP contribution in [0.1, 0.15) is 126 Å². The van der Waals surface area contributed by atoms with Crippen LogP contribution in [0.4, 0.5) is 0 Å². The molecule has 0 aromatic carbocycles. The first-order valence-electron chi connectivity index (χ1n) is 23.9. The summed E-state index contributed by atoms with van der Waals surface area (Å²) in [5.74, 6) is -7.96. The number of rotatable bonds is 6. The number of fused-ring (bicyclic) bond motifs is 3. The van der Waals surface area contributed by atoms with Crippen molar-refractivity contribution < 1.29 is 63.0 Å². The van der Waals surface area contributed by atoms with Crippen molar-refractivity contribution in [1.29, 1.82) is 0 Å². The first-order chi connectivity index (χ1) is 30.7. The number of allylic oxidation sites excluding steroid dienone is 6. The zero-order chi connectivity index (χ0) is 48.2. The number of piperidine rings is 1. The molecule has 3 fully saturated rings. The van der Waals surface area contributed by atoms with E-state index in [1.54, 1.807) is 41.1 Å². The van der Waals surface area contributed by atoms with Crippen LogP contribution < -0.4 is 0 Å². The topological polar surface area (TPSA) is 195 Å². The molecule has 15 atom stereocenters. The molecule has 2 bridgehead atoms. The van der Waals surface area contributed by atoms with Gasteiger partial charge in [0.25, 0.3) is 11.7 Å². The summed E-state index contributed by atoms with van der Waals surface area (Å²) in [7, 11) is 4.52. The second-order valence-electron chi connectivity index (χ2n) is 19.6. The zero-order valence-corrected chi connectivity index (χ0v) is 40.6. The third-order valence-electron chi connectivity index (χ3n) is 14.5. The maximum atomic E-state index is 14.4. The van der Waals surface area contributed by atoms with Crippen LogP contribution in [0.3, 0.4) is 0 Å². The van der Waals surface area contributed by atoms with Gasteiger partial charge >= 0.3 is 35.5 Å². The van der Waals surface area contributed by atoms with Crippen LogP contribution in [0, 0.1) is 35.5 Å². The van der Waals surface area contributed by atoms with Crippen molar-refractivity contribution in [2.45, 2.75) is 180 Å². The molecule has 1 saturated carbocycles. The molecule has 3 aliphatic heterocycles. The molecule has 1 amide bonds. The van der Waals surface area contributed by atoms with Gasteiger partial charge in [0, 0.05) is 58.5 Å². The van der Waals surface area contributed by atoms with Crippen LogP contribution in [-0.2, 0) is 47.7 Å². The van der Waals surface area contributed by atoms with E-state index < -0.39 is 83.9 Å².